The standard InChI is InChI=1S/C14H20N4O2/c15-13(19)11-1-3-12(4-2-11)14(20)17-7-10-18-8-5-16-6-9-18/h1-4,16H,5-10H2,(H2,15,19)(H,17,20). The molecule has 0 bridgehead atoms. The van der Waals surface area contributed by atoms with Gasteiger partial charge >= 0.3 is 0 Å². The van der Waals surface area contributed by atoms with E-state index in [0.29, 0.717) is 17.7 Å². The topological polar surface area (TPSA) is 87.5 Å². The quantitative estimate of drug-likeness (QED) is 0.671. The fourth-order valence-electron chi connectivity index (χ4n) is 2.15. The summed E-state index contributed by atoms with van der Waals surface area (Å²) in [5.74, 6) is -0.619. The highest BCUT2D eigenvalue weighted by Gasteiger charge is 2.10. The molecule has 1 fully saturated rings. The van der Waals surface area contributed by atoms with Crippen LogP contribution < -0.4 is 16.4 Å². The molecule has 108 valence electrons. The summed E-state index contributed by atoms with van der Waals surface area (Å²) in [7, 11) is 0. The van der Waals surface area contributed by atoms with Gasteiger partial charge in [0.25, 0.3) is 5.91 Å². The molecular formula is C14H20N4O2. The van der Waals surface area contributed by atoms with Gasteiger partial charge in [0.05, 0.1) is 0 Å². The fraction of sp³-hybridized carbons (Fsp3) is 0.429. The zero-order valence-electron chi connectivity index (χ0n) is 11.4. The molecular weight excluding hydrogens is 256 g/mol. The average Bonchev–Trinajstić information content (AvgIpc) is 2.48. The Morgan fingerprint density at radius 1 is 1.15 bits per heavy atom. The maximum atomic E-state index is 11.9. The van der Waals surface area contributed by atoms with Gasteiger partial charge in [-0.2, -0.15) is 0 Å². The number of carbonyl (C=O) groups excluding carboxylic acids is 2. The summed E-state index contributed by atoms with van der Waals surface area (Å²) >= 11 is 0. The van der Waals surface area contributed by atoms with Gasteiger partial charge in [-0.25, -0.2) is 0 Å². The Balaban J connectivity index is 1.77. The molecule has 0 aliphatic carbocycles. The smallest absolute Gasteiger partial charge is 0.251 e. The lowest BCUT2D eigenvalue weighted by molar-refractivity contribution is 0.0944. The number of nitrogens with two attached hydrogens (primary N) is 1. The lowest BCUT2D eigenvalue weighted by atomic mass is 10.1. The number of benzene rings is 1. The summed E-state index contributed by atoms with van der Waals surface area (Å²) in [6, 6.07) is 6.35. The summed E-state index contributed by atoms with van der Waals surface area (Å²) in [4.78, 5) is 25.2. The van der Waals surface area contributed by atoms with Crippen molar-refractivity contribution in [3.05, 3.63) is 35.4 Å². The molecule has 1 saturated heterocycles. The Labute approximate surface area is 118 Å². The summed E-state index contributed by atoms with van der Waals surface area (Å²) in [5.41, 5.74) is 6.09. The van der Waals surface area contributed by atoms with Crippen molar-refractivity contribution in [2.24, 2.45) is 5.73 Å². The van der Waals surface area contributed by atoms with Crippen LogP contribution >= 0.6 is 0 Å². The third-order valence-corrected chi connectivity index (χ3v) is 3.35. The molecule has 0 spiro atoms. The van der Waals surface area contributed by atoms with E-state index in [4.69, 9.17) is 5.73 Å². The number of amides is 2. The van der Waals surface area contributed by atoms with E-state index in [2.05, 4.69) is 15.5 Å². The number of hydrogen-bond donors (Lipinski definition) is 3. The molecule has 0 aromatic heterocycles. The normalized spacial score (nSPS) is 15.8. The molecule has 2 rings (SSSR count). The van der Waals surface area contributed by atoms with Crippen LogP contribution in [0.3, 0.4) is 0 Å². The third-order valence-electron chi connectivity index (χ3n) is 3.35. The second kappa shape index (κ2) is 7.02. The first-order valence-electron chi connectivity index (χ1n) is 6.78. The molecule has 0 unspecified atom stereocenters. The number of nitrogens with zero attached hydrogens (tertiary/aromatic N) is 1. The molecule has 6 nitrogen and oxygen atoms in total. The molecule has 6 heteroatoms. The van der Waals surface area contributed by atoms with Crippen LogP contribution in [0.25, 0.3) is 0 Å². The fourth-order valence-corrected chi connectivity index (χ4v) is 2.15. The molecule has 4 N–H and O–H groups in total. The Morgan fingerprint density at radius 3 is 2.35 bits per heavy atom. The summed E-state index contributed by atoms with van der Waals surface area (Å²) < 4.78 is 0. The molecule has 1 aromatic rings. The molecule has 20 heavy (non-hydrogen) atoms. The van der Waals surface area contributed by atoms with Gasteiger partial charge in [0.2, 0.25) is 5.91 Å². The Hall–Kier alpha value is -1.92. The monoisotopic (exact) mass is 276 g/mol. The summed E-state index contributed by atoms with van der Waals surface area (Å²) in [5, 5.41) is 6.17. The van der Waals surface area contributed by atoms with Gasteiger partial charge in [-0.15, -0.1) is 0 Å². The maximum absolute atomic E-state index is 11.9. The van der Waals surface area contributed by atoms with Crippen molar-refractivity contribution in [3.63, 3.8) is 0 Å². The van der Waals surface area contributed by atoms with Crippen LogP contribution in [0.1, 0.15) is 20.7 Å². The van der Waals surface area contributed by atoms with Crippen molar-refractivity contribution in [2.75, 3.05) is 39.3 Å². The van der Waals surface area contributed by atoms with E-state index < -0.39 is 5.91 Å². The molecule has 0 radical (unpaired) electrons. The minimum absolute atomic E-state index is 0.129. The lowest BCUT2D eigenvalue weighted by Crippen LogP contribution is -2.46. The number of hydrogen-bond acceptors (Lipinski definition) is 4. The summed E-state index contributed by atoms with van der Waals surface area (Å²) in [6.45, 7) is 5.51. The molecule has 1 aromatic carbocycles. The van der Waals surface area contributed by atoms with Gasteiger partial charge in [-0.3, -0.25) is 14.5 Å². The number of carbonyl (C=O) groups is 2. The maximum Gasteiger partial charge on any atom is 0.251 e. The second-order valence-electron chi connectivity index (χ2n) is 4.79. The van der Waals surface area contributed by atoms with Gasteiger partial charge in [0.15, 0.2) is 0 Å². The van der Waals surface area contributed by atoms with E-state index in [0.717, 1.165) is 32.7 Å². The van der Waals surface area contributed by atoms with Crippen LogP contribution in [0, 0.1) is 0 Å². The minimum atomic E-state index is -0.490. The van der Waals surface area contributed by atoms with Crippen molar-refractivity contribution in [2.45, 2.75) is 0 Å². The van der Waals surface area contributed by atoms with Crippen LogP contribution in [-0.2, 0) is 0 Å². The van der Waals surface area contributed by atoms with E-state index >= 15 is 0 Å². The third kappa shape index (κ3) is 4.04. The largest absolute Gasteiger partial charge is 0.366 e. The van der Waals surface area contributed by atoms with Gasteiger partial charge in [-0.05, 0) is 24.3 Å². The van der Waals surface area contributed by atoms with Crippen LogP contribution in [-0.4, -0.2) is 56.0 Å². The number of primary amides is 1. The Morgan fingerprint density at radius 2 is 1.75 bits per heavy atom. The van der Waals surface area contributed by atoms with Crippen LogP contribution in [0.15, 0.2) is 24.3 Å². The predicted molar refractivity (Wildman–Crippen MR) is 76.6 cm³/mol. The van der Waals surface area contributed by atoms with E-state index in [1.807, 2.05) is 0 Å². The van der Waals surface area contributed by atoms with Crippen molar-refractivity contribution in [1.29, 1.82) is 0 Å². The minimum Gasteiger partial charge on any atom is -0.366 e. The van der Waals surface area contributed by atoms with Crippen LogP contribution in [0.5, 0.6) is 0 Å². The number of rotatable bonds is 5. The molecule has 0 atom stereocenters. The highest BCUT2D eigenvalue weighted by molar-refractivity contribution is 5.97. The SMILES string of the molecule is NC(=O)c1ccc(C(=O)NCCN2CCNCC2)cc1. The van der Waals surface area contributed by atoms with Crippen LogP contribution in [0.4, 0.5) is 0 Å². The lowest BCUT2D eigenvalue weighted by Gasteiger charge is -2.27. The van der Waals surface area contributed by atoms with Crippen LogP contribution in [0.2, 0.25) is 0 Å². The first-order valence-corrected chi connectivity index (χ1v) is 6.78. The van der Waals surface area contributed by atoms with Crippen molar-refractivity contribution in [1.82, 2.24) is 15.5 Å². The predicted octanol–water partition coefficient (Wildman–Crippen LogP) is -0.579. The van der Waals surface area contributed by atoms with Crippen molar-refractivity contribution >= 4 is 11.8 Å². The molecule has 0 saturated carbocycles. The first kappa shape index (κ1) is 14.5. The second-order valence-corrected chi connectivity index (χ2v) is 4.79. The zero-order valence-corrected chi connectivity index (χ0v) is 11.4. The van der Waals surface area contributed by atoms with Crippen molar-refractivity contribution in [3.8, 4) is 0 Å². The number of piperazine rings is 1. The molecule has 2 amide bonds. The van der Waals surface area contributed by atoms with E-state index in [-0.39, 0.29) is 5.91 Å². The van der Waals surface area contributed by atoms with E-state index in [1.165, 1.54) is 0 Å². The highest BCUT2D eigenvalue weighted by atomic mass is 16.2. The molecule has 1 aliphatic heterocycles. The molecule has 1 aliphatic rings. The van der Waals surface area contributed by atoms with E-state index in [9.17, 15) is 9.59 Å². The van der Waals surface area contributed by atoms with Gasteiger partial charge < -0.3 is 16.4 Å². The van der Waals surface area contributed by atoms with E-state index in [1.54, 1.807) is 24.3 Å². The summed E-state index contributed by atoms with van der Waals surface area (Å²) in [6.07, 6.45) is 0. The Kier molecular flexibility index (Phi) is 5.09. The van der Waals surface area contributed by atoms with Gasteiger partial charge in [0.1, 0.15) is 0 Å². The zero-order chi connectivity index (χ0) is 14.4. The van der Waals surface area contributed by atoms with Gasteiger partial charge in [0, 0.05) is 50.4 Å². The Bertz CT molecular complexity index is 467. The van der Waals surface area contributed by atoms with Gasteiger partial charge in [-0.1, -0.05) is 0 Å². The number of nitrogens with one attached hydrogen (secondary N) is 2. The van der Waals surface area contributed by atoms with Crippen molar-refractivity contribution < 1.29 is 9.59 Å². The first-order chi connectivity index (χ1) is 9.66. The molecule has 1 heterocycles. The highest BCUT2D eigenvalue weighted by Crippen LogP contribution is 2.03. The average molecular weight is 276 g/mol.